The molecule has 0 bridgehead atoms. The van der Waals surface area contributed by atoms with E-state index in [4.69, 9.17) is 5.11 Å². The van der Waals surface area contributed by atoms with Gasteiger partial charge >= 0.3 is 5.97 Å². The van der Waals surface area contributed by atoms with Crippen molar-refractivity contribution in [1.29, 1.82) is 0 Å². The lowest BCUT2D eigenvalue weighted by molar-refractivity contribution is 0.0696. The van der Waals surface area contributed by atoms with E-state index in [1.54, 1.807) is 12.1 Å². The van der Waals surface area contributed by atoms with Gasteiger partial charge in [0.05, 0.1) is 5.56 Å². The summed E-state index contributed by atoms with van der Waals surface area (Å²) in [7, 11) is 0. The Bertz CT molecular complexity index is 618. The molecule has 0 aliphatic heterocycles. The van der Waals surface area contributed by atoms with Crippen LogP contribution in [-0.2, 0) is 0 Å². The highest BCUT2D eigenvalue weighted by Crippen LogP contribution is 2.18. The summed E-state index contributed by atoms with van der Waals surface area (Å²) < 4.78 is 0. The molecule has 0 aromatic heterocycles. The highest BCUT2D eigenvalue weighted by molar-refractivity contribution is 5.91. The van der Waals surface area contributed by atoms with Crippen molar-refractivity contribution in [3.05, 3.63) is 71.3 Å². The maximum atomic E-state index is 11.0. The first-order chi connectivity index (χ1) is 9.68. The van der Waals surface area contributed by atoms with Crippen molar-refractivity contribution in [2.75, 3.05) is 11.9 Å². The molecule has 0 saturated heterocycles. The zero-order valence-corrected chi connectivity index (χ0v) is 11.3. The second-order valence-electron chi connectivity index (χ2n) is 4.48. The first kappa shape index (κ1) is 13.9. The lowest BCUT2D eigenvalue weighted by Crippen LogP contribution is -2.05. The van der Waals surface area contributed by atoms with E-state index in [1.165, 1.54) is 0 Å². The highest BCUT2D eigenvalue weighted by atomic mass is 16.4. The first-order valence-electron chi connectivity index (χ1n) is 6.47. The summed E-state index contributed by atoms with van der Waals surface area (Å²) >= 11 is 0. The fraction of sp³-hybridized carbons (Fsp3) is 0.118. The van der Waals surface area contributed by atoms with Crippen molar-refractivity contribution < 1.29 is 9.90 Å². The molecule has 102 valence electrons. The molecule has 0 heterocycles. The Balaban J connectivity index is 2.00. The van der Waals surface area contributed by atoms with E-state index in [9.17, 15) is 4.79 Å². The predicted octanol–water partition coefficient (Wildman–Crippen LogP) is 3.82. The van der Waals surface area contributed by atoms with E-state index in [0.29, 0.717) is 12.1 Å². The van der Waals surface area contributed by atoms with Gasteiger partial charge in [-0.15, -0.1) is 0 Å². The van der Waals surface area contributed by atoms with Gasteiger partial charge in [-0.25, -0.2) is 4.79 Å². The van der Waals surface area contributed by atoms with Crippen LogP contribution in [0.4, 0.5) is 5.69 Å². The van der Waals surface area contributed by atoms with Crippen LogP contribution in [0.3, 0.4) is 0 Å². The minimum Gasteiger partial charge on any atom is -0.478 e. The molecule has 0 atom stereocenters. The van der Waals surface area contributed by atoms with Gasteiger partial charge in [0, 0.05) is 12.2 Å². The maximum Gasteiger partial charge on any atom is 0.336 e. The number of carboxylic acids is 1. The molecule has 0 saturated carbocycles. The molecule has 2 N–H and O–H groups in total. The predicted molar refractivity (Wildman–Crippen MR) is 82.1 cm³/mol. The van der Waals surface area contributed by atoms with Crippen LogP contribution in [0.25, 0.3) is 6.08 Å². The molecule has 0 unspecified atom stereocenters. The molecule has 2 aromatic rings. The van der Waals surface area contributed by atoms with Crippen LogP contribution in [0.5, 0.6) is 0 Å². The van der Waals surface area contributed by atoms with Gasteiger partial charge in [-0.3, -0.25) is 0 Å². The Hall–Kier alpha value is -2.55. The summed E-state index contributed by atoms with van der Waals surface area (Å²) in [5.74, 6) is -0.897. The molecule has 3 nitrogen and oxygen atoms in total. The van der Waals surface area contributed by atoms with Gasteiger partial charge < -0.3 is 10.4 Å². The van der Waals surface area contributed by atoms with Crippen molar-refractivity contribution in [2.45, 2.75) is 6.92 Å². The Labute approximate surface area is 118 Å². The monoisotopic (exact) mass is 267 g/mol. The van der Waals surface area contributed by atoms with Crippen molar-refractivity contribution in [3.8, 4) is 0 Å². The van der Waals surface area contributed by atoms with Gasteiger partial charge in [-0.05, 0) is 30.2 Å². The average Bonchev–Trinajstić information content (AvgIpc) is 2.46. The lowest BCUT2D eigenvalue weighted by Gasteiger charge is -2.09. The molecule has 2 aromatic carbocycles. The SMILES string of the molecule is Cc1c(NC/C=C/c2ccccc2)cccc1C(=O)O. The van der Waals surface area contributed by atoms with E-state index in [1.807, 2.05) is 55.5 Å². The molecule has 0 aliphatic carbocycles. The van der Waals surface area contributed by atoms with Crippen LogP contribution in [0, 0.1) is 6.92 Å². The highest BCUT2D eigenvalue weighted by Gasteiger charge is 2.08. The number of nitrogens with one attached hydrogen (secondary N) is 1. The molecule has 20 heavy (non-hydrogen) atoms. The summed E-state index contributed by atoms with van der Waals surface area (Å²) in [5, 5.41) is 12.3. The fourth-order valence-corrected chi connectivity index (χ4v) is 1.99. The molecule has 3 heteroatoms. The standard InChI is InChI=1S/C17H17NO2/c1-13-15(17(19)20)10-5-11-16(13)18-12-6-9-14-7-3-2-4-8-14/h2-11,18H,12H2,1H3,(H,19,20)/b9-6+. The lowest BCUT2D eigenvalue weighted by atomic mass is 10.1. The second kappa shape index (κ2) is 6.57. The number of benzene rings is 2. The molecular weight excluding hydrogens is 250 g/mol. The van der Waals surface area contributed by atoms with Crippen LogP contribution >= 0.6 is 0 Å². The summed E-state index contributed by atoms with van der Waals surface area (Å²) in [5.41, 5.74) is 3.09. The minimum atomic E-state index is -0.897. The van der Waals surface area contributed by atoms with Crippen molar-refractivity contribution in [3.63, 3.8) is 0 Å². The molecule has 0 fully saturated rings. The first-order valence-corrected chi connectivity index (χ1v) is 6.47. The third kappa shape index (κ3) is 3.48. The number of carboxylic acid groups (broad SMARTS) is 1. The third-order valence-corrected chi connectivity index (χ3v) is 3.08. The molecule has 0 radical (unpaired) electrons. The van der Waals surface area contributed by atoms with Gasteiger partial charge in [-0.1, -0.05) is 48.6 Å². The van der Waals surface area contributed by atoms with Crippen molar-refractivity contribution in [2.24, 2.45) is 0 Å². The normalized spacial score (nSPS) is 10.7. The third-order valence-electron chi connectivity index (χ3n) is 3.08. The van der Waals surface area contributed by atoms with E-state index in [-0.39, 0.29) is 0 Å². The summed E-state index contributed by atoms with van der Waals surface area (Å²) in [6.07, 6.45) is 4.05. The van der Waals surface area contributed by atoms with Gasteiger partial charge in [-0.2, -0.15) is 0 Å². The number of carbonyl (C=O) groups is 1. The Morgan fingerprint density at radius 2 is 1.90 bits per heavy atom. The zero-order valence-electron chi connectivity index (χ0n) is 11.3. The quantitative estimate of drug-likeness (QED) is 0.865. The van der Waals surface area contributed by atoms with Crippen molar-refractivity contribution >= 4 is 17.7 Å². The molecule has 0 amide bonds. The summed E-state index contributed by atoms with van der Waals surface area (Å²) in [6, 6.07) is 15.3. The number of aromatic carboxylic acids is 1. The van der Waals surface area contributed by atoms with E-state index in [2.05, 4.69) is 5.32 Å². The van der Waals surface area contributed by atoms with Crippen LogP contribution in [0.2, 0.25) is 0 Å². The van der Waals surface area contributed by atoms with Gasteiger partial charge in [0.25, 0.3) is 0 Å². The Morgan fingerprint density at radius 3 is 2.60 bits per heavy atom. The second-order valence-corrected chi connectivity index (χ2v) is 4.48. The largest absolute Gasteiger partial charge is 0.478 e. The van der Waals surface area contributed by atoms with Crippen LogP contribution in [-0.4, -0.2) is 17.6 Å². The van der Waals surface area contributed by atoms with Gasteiger partial charge in [0.15, 0.2) is 0 Å². The number of anilines is 1. The van der Waals surface area contributed by atoms with E-state index >= 15 is 0 Å². The average molecular weight is 267 g/mol. The minimum absolute atomic E-state index is 0.335. The van der Waals surface area contributed by atoms with Crippen LogP contribution in [0.1, 0.15) is 21.5 Å². The summed E-state index contributed by atoms with van der Waals surface area (Å²) in [6.45, 7) is 2.46. The van der Waals surface area contributed by atoms with Crippen LogP contribution in [0.15, 0.2) is 54.6 Å². The molecule has 0 spiro atoms. The zero-order chi connectivity index (χ0) is 14.4. The maximum absolute atomic E-state index is 11.0. The number of hydrogen-bond acceptors (Lipinski definition) is 2. The number of rotatable bonds is 5. The molecule has 0 aliphatic rings. The van der Waals surface area contributed by atoms with Crippen molar-refractivity contribution in [1.82, 2.24) is 0 Å². The molecule has 2 rings (SSSR count). The number of hydrogen-bond donors (Lipinski definition) is 2. The summed E-state index contributed by atoms with van der Waals surface area (Å²) in [4.78, 5) is 11.0. The van der Waals surface area contributed by atoms with E-state index in [0.717, 1.165) is 16.8 Å². The topological polar surface area (TPSA) is 49.3 Å². The smallest absolute Gasteiger partial charge is 0.336 e. The fourth-order valence-electron chi connectivity index (χ4n) is 1.99. The Morgan fingerprint density at radius 1 is 1.15 bits per heavy atom. The van der Waals surface area contributed by atoms with E-state index < -0.39 is 5.97 Å². The Kier molecular flexibility index (Phi) is 4.56. The molecular formula is C17H17NO2. The van der Waals surface area contributed by atoms with Gasteiger partial charge in [0.1, 0.15) is 0 Å². The van der Waals surface area contributed by atoms with Crippen LogP contribution < -0.4 is 5.32 Å². The van der Waals surface area contributed by atoms with Gasteiger partial charge in [0.2, 0.25) is 0 Å².